The predicted molar refractivity (Wildman–Crippen MR) is 95.9 cm³/mol. The molecule has 0 aliphatic rings. The summed E-state index contributed by atoms with van der Waals surface area (Å²) in [5, 5.41) is 9.40. The van der Waals surface area contributed by atoms with E-state index in [4.69, 9.17) is 5.84 Å². The van der Waals surface area contributed by atoms with Crippen LogP contribution in [0.3, 0.4) is 0 Å². The Morgan fingerprint density at radius 2 is 1.81 bits per heavy atom. The van der Waals surface area contributed by atoms with Crippen LogP contribution in [0.1, 0.15) is 6.92 Å². The summed E-state index contributed by atoms with van der Waals surface area (Å²) < 4.78 is 41.8. The van der Waals surface area contributed by atoms with E-state index in [0.29, 0.717) is 5.56 Å². The van der Waals surface area contributed by atoms with Crippen LogP contribution in [-0.4, -0.2) is 26.0 Å². The van der Waals surface area contributed by atoms with Crippen LogP contribution >= 0.6 is 11.8 Å². The summed E-state index contributed by atoms with van der Waals surface area (Å²) in [6.07, 6.45) is 0. The summed E-state index contributed by atoms with van der Waals surface area (Å²) in [4.78, 5) is 12.2. The molecule has 3 rings (SSSR count). The van der Waals surface area contributed by atoms with Gasteiger partial charge in [0.1, 0.15) is 23.1 Å². The number of nitrogens with one attached hydrogen (secondary N) is 1. The van der Waals surface area contributed by atoms with Crippen molar-refractivity contribution >= 4 is 23.4 Å². The number of thioether (sulfide) groups is 1. The van der Waals surface area contributed by atoms with E-state index in [-0.39, 0.29) is 11.0 Å². The molecule has 0 saturated carbocycles. The molecule has 6 nitrogen and oxygen atoms in total. The number of nitrogens with two attached hydrogens (primary N) is 1. The Balaban J connectivity index is 1.75. The van der Waals surface area contributed by atoms with E-state index in [2.05, 4.69) is 15.5 Å². The molecule has 2 aromatic carbocycles. The summed E-state index contributed by atoms with van der Waals surface area (Å²) in [6, 6.07) is 8.93. The smallest absolute Gasteiger partial charge is 0.237 e. The number of hydrogen-bond donors (Lipinski definition) is 2. The van der Waals surface area contributed by atoms with E-state index in [9.17, 15) is 18.0 Å². The number of para-hydroxylation sites is 1. The number of aromatic nitrogens is 3. The van der Waals surface area contributed by atoms with Gasteiger partial charge in [-0.05, 0) is 31.2 Å². The van der Waals surface area contributed by atoms with E-state index < -0.39 is 34.3 Å². The third kappa shape index (κ3) is 4.05. The Hall–Kier alpha value is -3.01. The third-order valence-electron chi connectivity index (χ3n) is 3.61. The van der Waals surface area contributed by atoms with Crippen molar-refractivity contribution in [1.82, 2.24) is 14.9 Å². The van der Waals surface area contributed by atoms with Gasteiger partial charge in [-0.15, -0.1) is 10.2 Å². The molecule has 140 valence electrons. The van der Waals surface area contributed by atoms with Crippen molar-refractivity contribution in [2.24, 2.45) is 0 Å². The van der Waals surface area contributed by atoms with Gasteiger partial charge in [0, 0.05) is 5.56 Å². The number of carbonyl (C=O) groups is 1. The lowest BCUT2D eigenvalue weighted by atomic mass is 10.2. The van der Waals surface area contributed by atoms with Crippen LogP contribution in [-0.2, 0) is 4.79 Å². The largest absolute Gasteiger partial charge is 0.335 e. The van der Waals surface area contributed by atoms with Gasteiger partial charge in [0.25, 0.3) is 0 Å². The van der Waals surface area contributed by atoms with Crippen LogP contribution in [0.4, 0.5) is 18.9 Å². The van der Waals surface area contributed by atoms with Crippen molar-refractivity contribution < 1.29 is 18.0 Å². The number of nitrogen functional groups attached to an aromatic ring is 1. The number of hydrogen-bond acceptors (Lipinski definition) is 5. The summed E-state index contributed by atoms with van der Waals surface area (Å²) in [5.41, 5.74) is -0.105. The highest BCUT2D eigenvalue weighted by molar-refractivity contribution is 8.00. The molecule has 10 heteroatoms. The van der Waals surface area contributed by atoms with E-state index in [1.807, 2.05) is 0 Å². The van der Waals surface area contributed by atoms with Crippen molar-refractivity contribution in [3.8, 4) is 11.4 Å². The van der Waals surface area contributed by atoms with Crippen LogP contribution in [0.15, 0.2) is 47.6 Å². The standard InChI is InChI=1S/C17H14F3N5OS/c1-9(16(26)22-14-12(19)6-3-7-13(14)20)27-17-24-23-15(25(17)21)10-4-2-5-11(18)8-10/h2-9H,21H2,1H3,(H,22,26)/t9-/m1/s1. The average molecular weight is 393 g/mol. The maximum atomic E-state index is 13.7. The number of anilines is 1. The second-order valence-corrected chi connectivity index (χ2v) is 6.84. The highest BCUT2D eigenvalue weighted by atomic mass is 32.2. The summed E-state index contributed by atoms with van der Waals surface area (Å²) >= 11 is 0.943. The molecule has 3 aromatic rings. The number of nitrogens with zero attached hydrogens (tertiary/aromatic N) is 3. The average Bonchev–Trinajstić information content (AvgIpc) is 2.98. The molecule has 1 heterocycles. The summed E-state index contributed by atoms with van der Waals surface area (Å²) in [6.45, 7) is 1.52. The van der Waals surface area contributed by atoms with Gasteiger partial charge in [0.15, 0.2) is 5.82 Å². The highest BCUT2D eigenvalue weighted by Crippen LogP contribution is 2.26. The zero-order valence-electron chi connectivity index (χ0n) is 14.0. The molecular formula is C17H14F3N5OS. The monoisotopic (exact) mass is 393 g/mol. The molecule has 0 unspecified atom stereocenters. The van der Waals surface area contributed by atoms with Gasteiger partial charge in [-0.3, -0.25) is 4.79 Å². The Labute approximate surface area is 156 Å². The maximum Gasteiger partial charge on any atom is 0.237 e. The maximum absolute atomic E-state index is 13.7. The Kier molecular flexibility index (Phi) is 5.36. The first-order valence-corrected chi connectivity index (χ1v) is 8.62. The van der Waals surface area contributed by atoms with Gasteiger partial charge in [-0.1, -0.05) is 30.0 Å². The molecule has 0 aliphatic heterocycles. The molecule has 0 bridgehead atoms. The number of carbonyl (C=O) groups excluding carboxylic acids is 1. The zero-order valence-corrected chi connectivity index (χ0v) is 14.8. The van der Waals surface area contributed by atoms with Gasteiger partial charge in [0.2, 0.25) is 11.1 Å². The van der Waals surface area contributed by atoms with E-state index in [1.165, 1.54) is 31.2 Å². The first kappa shape index (κ1) is 18.8. The van der Waals surface area contributed by atoms with E-state index >= 15 is 0 Å². The van der Waals surface area contributed by atoms with Crippen molar-refractivity contribution in [1.29, 1.82) is 0 Å². The number of amides is 1. The molecule has 0 aliphatic carbocycles. The lowest BCUT2D eigenvalue weighted by Gasteiger charge is -2.12. The second kappa shape index (κ2) is 7.70. The minimum absolute atomic E-state index is 0.186. The molecule has 0 radical (unpaired) electrons. The molecule has 3 N–H and O–H groups in total. The molecular weight excluding hydrogens is 379 g/mol. The predicted octanol–water partition coefficient (Wildman–Crippen LogP) is 3.20. The fourth-order valence-electron chi connectivity index (χ4n) is 2.24. The minimum Gasteiger partial charge on any atom is -0.335 e. The number of rotatable bonds is 5. The van der Waals surface area contributed by atoms with Crippen LogP contribution < -0.4 is 11.2 Å². The molecule has 1 atom stereocenters. The molecule has 0 saturated heterocycles. The normalized spacial score (nSPS) is 12.0. The first-order valence-electron chi connectivity index (χ1n) is 7.74. The van der Waals surface area contributed by atoms with Crippen LogP contribution in [0, 0.1) is 17.5 Å². The molecule has 0 spiro atoms. The lowest BCUT2D eigenvalue weighted by Crippen LogP contribution is -2.24. The topological polar surface area (TPSA) is 85.8 Å². The Morgan fingerprint density at radius 1 is 1.15 bits per heavy atom. The van der Waals surface area contributed by atoms with E-state index in [0.717, 1.165) is 28.6 Å². The van der Waals surface area contributed by atoms with Gasteiger partial charge in [-0.25, -0.2) is 17.8 Å². The molecule has 27 heavy (non-hydrogen) atoms. The fourth-order valence-corrected chi connectivity index (χ4v) is 3.01. The Morgan fingerprint density at radius 3 is 2.48 bits per heavy atom. The van der Waals surface area contributed by atoms with Crippen molar-refractivity contribution in [3.05, 3.63) is 59.9 Å². The number of halogens is 3. The molecule has 1 amide bonds. The molecule has 0 fully saturated rings. The zero-order chi connectivity index (χ0) is 19.6. The number of benzene rings is 2. The first-order chi connectivity index (χ1) is 12.9. The van der Waals surface area contributed by atoms with Crippen LogP contribution in [0.25, 0.3) is 11.4 Å². The SMILES string of the molecule is C[C@@H](Sc1nnc(-c2cccc(F)c2)n1N)C(=O)Nc1c(F)cccc1F. The van der Waals surface area contributed by atoms with Gasteiger partial charge in [0.05, 0.1) is 5.25 Å². The van der Waals surface area contributed by atoms with Crippen LogP contribution in [0.2, 0.25) is 0 Å². The fraction of sp³-hybridized carbons (Fsp3) is 0.118. The quantitative estimate of drug-likeness (QED) is 0.514. The van der Waals surface area contributed by atoms with Crippen molar-refractivity contribution in [2.45, 2.75) is 17.3 Å². The second-order valence-electron chi connectivity index (χ2n) is 5.53. The summed E-state index contributed by atoms with van der Waals surface area (Å²) in [5.74, 6) is 3.29. The minimum atomic E-state index is -0.879. The van der Waals surface area contributed by atoms with Crippen molar-refractivity contribution in [2.75, 3.05) is 11.2 Å². The summed E-state index contributed by atoms with van der Waals surface area (Å²) in [7, 11) is 0. The van der Waals surface area contributed by atoms with Gasteiger partial charge in [-0.2, -0.15) is 0 Å². The molecule has 1 aromatic heterocycles. The lowest BCUT2D eigenvalue weighted by molar-refractivity contribution is -0.115. The van der Waals surface area contributed by atoms with Gasteiger partial charge < -0.3 is 11.2 Å². The Bertz CT molecular complexity index is 974. The van der Waals surface area contributed by atoms with Crippen LogP contribution in [0.5, 0.6) is 0 Å². The van der Waals surface area contributed by atoms with Gasteiger partial charge >= 0.3 is 0 Å². The van der Waals surface area contributed by atoms with Crippen molar-refractivity contribution in [3.63, 3.8) is 0 Å². The highest BCUT2D eigenvalue weighted by Gasteiger charge is 2.22. The van der Waals surface area contributed by atoms with E-state index in [1.54, 1.807) is 6.07 Å². The third-order valence-corrected chi connectivity index (χ3v) is 4.67.